The number of nitrogens with one attached hydrogen (secondary N) is 1. The fraction of sp³-hybridized carbons (Fsp3) is 0.385. The van der Waals surface area contributed by atoms with Crippen molar-refractivity contribution in [1.29, 1.82) is 0 Å². The van der Waals surface area contributed by atoms with Gasteiger partial charge in [0.15, 0.2) is 0 Å². The fourth-order valence-electron chi connectivity index (χ4n) is 1.37. The van der Waals surface area contributed by atoms with Gasteiger partial charge in [0.25, 0.3) is 0 Å². The van der Waals surface area contributed by atoms with Gasteiger partial charge in [-0.2, -0.15) is 0 Å². The van der Waals surface area contributed by atoms with E-state index >= 15 is 0 Å². The summed E-state index contributed by atoms with van der Waals surface area (Å²) in [6.45, 7) is 9.05. The normalized spacial score (nSPS) is 12.5. The molecule has 1 aromatic carbocycles. The van der Waals surface area contributed by atoms with Crippen molar-refractivity contribution < 1.29 is 0 Å². The molecular weight excluding hydrogens is 206 g/mol. The van der Waals surface area contributed by atoms with E-state index in [9.17, 15) is 0 Å². The van der Waals surface area contributed by atoms with Gasteiger partial charge in [-0.05, 0) is 44.5 Å². The first kappa shape index (κ1) is 12.3. The molecule has 1 rings (SSSR count). The molecule has 0 fully saturated rings. The SMILES string of the molecule is C=C(C)CCNC(C)c1ccc(Cl)cc1. The van der Waals surface area contributed by atoms with Crippen LogP contribution >= 0.6 is 11.6 Å². The van der Waals surface area contributed by atoms with Crippen LogP contribution in [0.25, 0.3) is 0 Å². The van der Waals surface area contributed by atoms with Crippen LogP contribution in [0.15, 0.2) is 36.4 Å². The molecule has 2 heteroatoms. The third-order valence-corrected chi connectivity index (χ3v) is 2.62. The molecule has 0 saturated heterocycles. The molecule has 0 aliphatic carbocycles. The van der Waals surface area contributed by atoms with Crippen molar-refractivity contribution in [3.05, 3.63) is 47.0 Å². The summed E-state index contributed by atoms with van der Waals surface area (Å²) < 4.78 is 0. The van der Waals surface area contributed by atoms with Crippen molar-refractivity contribution >= 4 is 11.6 Å². The van der Waals surface area contributed by atoms with E-state index in [1.165, 1.54) is 11.1 Å². The Morgan fingerprint density at radius 3 is 2.53 bits per heavy atom. The summed E-state index contributed by atoms with van der Waals surface area (Å²) in [6, 6.07) is 8.32. The van der Waals surface area contributed by atoms with Crippen LogP contribution in [0, 0.1) is 0 Å². The van der Waals surface area contributed by atoms with E-state index in [0.29, 0.717) is 6.04 Å². The lowest BCUT2D eigenvalue weighted by Crippen LogP contribution is -2.19. The zero-order chi connectivity index (χ0) is 11.3. The summed E-state index contributed by atoms with van der Waals surface area (Å²) in [6.07, 6.45) is 1.03. The Balaban J connectivity index is 2.43. The second kappa shape index (κ2) is 5.94. The second-order valence-electron chi connectivity index (χ2n) is 3.93. The molecule has 1 nitrogen and oxygen atoms in total. The van der Waals surface area contributed by atoms with Gasteiger partial charge in [-0.15, -0.1) is 6.58 Å². The lowest BCUT2D eigenvalue weighted by Gasteiger charge is -2.14. The van der Waals surface area contributed by atoms with Crippen LogP contribution in [0.5, 0.6) is 0 Å². The summed E-state index contributed by atoms with van der Waals surface area (Å²) in [7, 11) is 0. The fourth-order valence-corrected chi connectivity index (χ4v) is 1.50. The molecule has 1 aromatic rings. The minimum Gasteiger partial charge on any atom is -0.310 e. The first-order valence-corrected chi connectivity index (χ1v) is 5.60. The molecule has 0 aromatic heterocycles. The van der Waals surface area contributed by atoms with E-state index in [0.717, 1.165) is 18.0 Å². The molecule has 0 spiro atoms. The Morgan fingerprint density at radius 2 is 2.00 bits per heavy atom. The van der Waals surface area contributed by atoms with E-state index in [2.05, 4.69) is 37.9 Å². The van der Waals surface area contributed by atoms with Crippen LogP contribution in [0.1, 0.15) is 31.9 Å². The summed E-state index contributed by atoms with van der Waals surface area (Å²) in [4.78, 5) is 0. The maximum Gasteiger partial charge on any atom is 0.0406 e. The Kier molecular flexibility index (Phi) is 4.86. The molecule has 0 bridgehead atoms. The van der Waals surface area contributed by atoms with Crippen molar-refractivity contribution in [3.8, 4) is 0 Å². The highest BCUT2D eigenvalue weighted by Crippen LogP contribution is 2.15. The standard InChI is InChI=1S/C13H18ClN/c1-10(2)8-9-15-11(3)12-4-6-13(14)7-5-12/h4-7,11,15H,1,8-9H2,2-3H3. The van der Waals surface area contributed by atoms with Crippen LogP contribution in [-0.4, -0.2) is 6.54 Å². The van der Waals surface area contributed by atoms with Gasteiger partial charge in [0.2, 0.25) is 0 Å². The third-order valence-electron chi connectivity index (χ3n) is 2.37. The summed E-state index contributed by atoms with van der Waals surface area (Å²) in [5, 5.41) is 4.23. The topological polar surface area (TPSA) is 12.0 Å². The number of hydrogen-bond donors (Lipinski definition) is 1. The van der Waals surface area contributed by atoms with Crippen molar-refractivity contribution in [2.75, 3.05) is 6.54 Å². The number of benzene rings is 1. The van der Waals surface area contributed by atoms with Gasteiger partial charge in [-0.1, -0.05) is 29.3 Å². The zero-order valence-corrected chi connectivity index (χ0v) is 10.1. The molecule has 0 amide bonds. The van der Waals surface area contributed by atoms with Crippen LogP contribution in [0.3, 0.4) is 0 Å². The van der Waals surface area contributed by atoms with Gasteiger partial charge in [-0.25, -0.2) is 0 Å². The summed E-state index contributed by atoms with van der Waals surface area (Å²) in [5.74, 6) is 0. The predicted octanol–water partition coefficient (Wildman–Crippen LogP) is 3.96. The largest absolute Gasteiger partial charge is 0.310 e. The van der Waals surface area contributed by atoms with Crippen molar-refractivity contribution in [1.82, 2.24) is 5.32 Å². The third kappa shape index (κ3) is 4.50. The van der Waals surface area contributed by atoms with Crippen molar-refractivity contribution in [2.45, 2.75) is 26.3 Å². The van der Waals surface area contributed by atoms with Crippen LogP contribution < -0.4 is 5.32 Å². The molecule has 0 radical (unpaired) electrons. The van der Waals surface area contributed by atoms with Gasteiger partial charge < -0.3 is 5.32 Å². The molecule has 82 valence electrons. The number of halogens is 1. The Labute approximate surface area is 97.1 Å². The van der Waals surface area contributed by atoms with E-state index in [4.69, 9.17) is 11.6 Å². The average Bonchev–Trinajstić information content (AvgIpc) is 2.18. The Hall–Kier alpha value is -0.790. The van der Waals surface area contributed by atoms with E-state index in [1.54, 1.807) is 0 Å². The first-order valence-electron chi connectivity index (χ1n) is 5.23. The second-order valence-corrected chi connectivity index (χ2v) is 4.37. The lowest BCUT2D eigenvalue weighted by molar-refractivity contribution is 0.576. The molecule has 0 saturated carbocycles. The van der Waals surface area contributed by atoms with Crippen LogP contribution in [0.4, 0.5) is 0 Å². The maximum atomic E-state index is 5.83. The number of hydrogen-bond acceptors (Lipinski definition) is 1. The van der Waals surface area contributed by atoms with Gasteiger partial charge >= 0.3 is 0 Å². The highest BCUT2D eigenvalue weighted by molar-refractivity contribution is 6.30. The van der Waals surface area contributed by atoms with E-state index in [1.807, 2.05) is 12.1 Å². The molecule has 0 heterocycles. The maximum absolute atomic E-state index is 5.83. The summed E-state index contributed by atoms with van der Waals surface area (Å²) in [5.41, 5.74) is 2.48. The minimum atomic E-state index is 0.363. The Bertz CT molecular complexity index is 316. The van der Waals surface area contributed by atoms with Crippen LogP contribution in [0.2, 0.25) is 5.02 Å². The summed E-state index contributed by atoms with van der Waals surface area (Å²) >= 11 is 5.83. The van der Waals surface area contributed by atoms with Gasteiger partial charge in [-0.3, -0.25) is 0 Å². The average molecular weight is 224 g/mol. The predicted molar refractivity (Wildman–Crippen MR) is 67.3 cm³/mol. The molecule has 15 heavy (non-hydrogen) atoms. The van der Waals surface area contributed by atoms with E-state index < -0.39 is 0 Å². The van der Waals surface area contributed by atoms with Gasteiger partial charge in [0.05, 0.1) is 0 Å². The number of rotatable bonds is 5. The lowest BCUT2D eigenvalue weighted by atomic mass is 10.1. The molecule has 1 unspecified atom stereocenters. The molecule has 1 atom stereocenters. The van der Waals surface area contributed by atoms with Crippen molar-refractivity contribution in [2.24, 2.45) is 0 Å². The zero-order valence-electron chi connectivity index (χ0n) is 9.39. The molecule has 1 N–H and O–H groups in total. The highest BCUT2D eigenvalue weighted by atomic mass is 35.5. The molecular formula is C13H18ClN. The van der Waals surface area contributed by atoms with Gasteiger partial charge in [0.1, 0.15) is 0 Å². The van der Waals surface area contributed by atoms with Gasteiger partial charge in [0, 0.05) is 11.1 Å². The monoisotopic (exact) mass is 223 g/mol. The highest BCUT2D eigenvalue weighted by Gasteiger charge is 2.03. The van der Waals surface area contributed by atoms with Crippen molar-refractivity contribution in [3.63, 3.8) is 0 Å². The smallest absolute Gasteiger partial charge is 0.0406 e. The van der Waals surface area contributed by atoms with Crippen LogP contribution in [-0.2, 0) is 0 Å². The van der Waals surface area contributed by atoms with E-state index in [-0.39, 0.29) is 0 Å². The molecule has 0 aliphatic heterocycles. The Morgan fingerprint density at radius 1 is 1.40 bits per heavy atom. The minimum absolute atomic E-state index is 0.363. The quantitative estimate of drug-likeness (QED) is 0.746. The first-order chi connectivity index (χ1) is 7.09. The molecule has 0 aliphatic rings.